The summed E-state index contributed by atoms with van der Waals surface area (Å²) in [6.07, 6.45) is 2.29. The van der Waals surface area contributed by atoms with Crippen molar-refractivity contribution in [2.75, 3.05) is 6.67 Å². The van der Waals surface area contributed by atoms with Gasteiger partial charge >= 0.3 is 0 Å². The molecule has 0 fully saturated rings. The maximum absolute atomic E-state index is 12.3. The van der Waals surface area contributed by atoms with Crippen LogP contribution in [0.5, 0.6) is 0 Å². The van der Waals surface area contributed by atoms with Gasteiger partial charge in [0.05, 0.1) is 0 Å². The van der Waals surface area contributed by atoms with Crippen molar-refractivity contribution < 1.29 is 9.50 Å². The molecule has 0 aliphatic carbocycles. The van der Waals surface area contributed by atoms with E-state index in [0.717, 1.165) is 10.8 Å². The molecule has 0 spiro atoms. The minimum absolute atomic E-state index is 0.618. The molecule has 0 radical (unpaired) electrons. The first-order valence-corrected chi connectivity index (χ1v) is 4.39. The van der Waals surface area contributed by atoms with E-state index in [1.807, 2.05) is 6.07 Å². The van der Waals surface area contributed by atoms with Crippen LogP contribution in [0.3, 0.4) is 0 Å². The highest BCUT2D eigenvalue weighted by Gasteiger charge is 2.09. The zero-order valence-corrected chi connectivity index (χ0v) is 7.52. The number of pyridine rings is 1. The average molecular weight is 191 g/mol. The molecule has 2 rings (SSSR count). The summed E-state index contributed by atoms with van der Waals surface area (Å²) in [4.78, 5) is 3.96. The summed E-state index contributed by atoms with van der Waals surface area (Å²) in [5.41, 5.74) is 0.618. The van der Waals surface area contributed by atoms with Crippen LogP contribution in [0.15, 0.2) is 36.7 Å². The van der Waals surface area contributed by atoms with Gasteiger partial charge in [-0.05, 0) is 17.0 Å². The third-order valence-corrected chi connectivity index (χ3v) is 2.22. The monoisotopic (exact) mass is 191 g/mol. The molecule has 1 heterocycles. The number of aliphatic hydroxyl groups is 1. The normalized spacial score (nSPS) is 13.0. The van der Waals surface area contributed by atoms with Crippen molar-refractivity contribution in [1.29, 1.82) is 0 Å². The summed E-state index contributed by atoms with van der Waals surface area (Å²) in [5, 5.41) is 11.2. The minimum atomic E-state index is -1.04. The van der Waals surface area contributed by atoms with E-state index in [1.54, 1.807) is 30.6 Å². The number of benzene rings is 1. The van der Waals surface area contributed by atoms with E-state index in [0.29, 0.717) is 5.56 Å². The number of aliphatic hydroxyl groups excluding tert-OH is 1. The number of rotatable bonds is 2. The van der Waals surface area contributed by atoms with Gasteiger partial charge in [-0.15, -0.1) is 0 Å². The maximum Gasteiger partial charge on any atom is 0.119 e. The lowest BCUT2D eigenvalue weighted by atomic mass is 10.0. The topological polar surface area (TPSA) is 33.1 Å². The summed E-state index contributed by atoms with van der Waals surface area (Å²) >= 11 is 0. The van der Waals surface area contributed by atoms with Crippen LogP contribution in [0.2, 0.25) is 0 Å². The first-order valence-electron chi connectivity index (χ1n) is 4.39. The largest absolute Gasteiger partial charge is 0.386 e. The van der Waals surface area contributed by atoms with Crippen molar-refractivity contribution in [2.24, 2.45) is 0 Å². The van der Waals surface area contributed by atoms with E-state index in [2.05, 4.69) is 4.98 Å². The Bertz CT molecular complexity index is 439. The maximum atomic E-state index is 12.3. The summed E-state index contributed by atoms with van der Waals surface area (Å²) < 4.78 is 12.3. The lowest BCUT2D eigenvalue weighted by Gasteiger charge is -2.09. The second-order valence-corrected chi connectivity index (χ2v) is 3.11. The SMILES string of the molecule is OC(CF)c1cccc2cnccc12. The van der Waals surface area contributed by atoms with E-state index in [4.69, 9.17) is 0 Å². The summed E-state index contributed by atoms with van der Waals surface area (Å²) in [7, 11) is 0. The molecule has 1 aromatic carbocycles. The highest BCUT2D eigenvalue weighted by molar-refractivity contribution is 5.85. The zero-order chi connectivity index (χ0) is 9.97. The summed E-state index contributed by atoms with van der Waals surface area (Å²) in [5.74, 6) is 0. The molecule has 1 atom stereocenters. The number of fused-ring (bicyclic) bond motifs is 1. The highest BCUT2D eigenvalue weighted by Crippen LogP contribution is 2.23. The van der Waals surface area contributed by atoms with Crippen LogP contribution >= 0.6 is 0 Å². The molecular weight excluding hydrogens is 181 g/mol. The highest BCUT2D eigenvalue weighted by atomic mass is 19.1. The molecule has 0 aliphatic heterocycles. The van der Waals surface area contributed by atoms with Crippen molar-refractivity contribution in [3.63, 3.8) is 0 Å². The van der Waals surface area contributed by atoms with Gasteiger partial charge in [-0.25, -0.2) is 4.39 Å². The van der Waals surface area contributed by atoms with Crippen molar-refractivity contribution >= 4 is 10.8 Å². The Morgan fingerprint density at radius 1 is 1.36 bits per heavy atom. The Morgan fingerprint density at radius 3 is 3.00 bits per heavy atom. The molecular formula is C11H10FNO. The molecule has 2 nitrogen and oxygen atoms in total. The number of hydrogen-bond donors (Lipinski definition) is 1. The van der Waals surface area contributed by atoms with Gasteiger partial charge in [-0.1, -0.05) is 18.2 Å². The van der Waals surface area contributed by atoms with Gasteiger partial charge < -0.3 is 5.11 Å². The third kappa shape index (κ3) is 1.46. The van der Waals surface area contributed by atoms with Crippen LogP contribution in [-0.4, -0.2) is 16.8 Å². The molecule has 3 heteroatoms. The predicted octanol–water partition coefficient (Wildman–Crippen LogP) is 2.24. The molecule has 2 aromatic rings. The van der Waals surface area contributed by atoms with Gasteiger partial charge in [0.2, 0.25) is 0 Å². The second kappa shape index (κ2) is 3.72. The summed E-state index contributed by atoms with van der Waals surface area (Å²) in [6, 6.07) is 7.19. The minimum Gasteiger partial charge on any atom is -0.386 e. The van der Waals surface area contributed by atoms with Crippen molar-refractivity contribution in [3.05, 3.63) is 42.2 Å². The van der Waals surface area contributed by atoms with E-state index >= 15 is 0 Å². The molecule has 1 aromatic heterocycles. The standard InChI is InChI=1S/C11H10FNO/c12-6-11(14)10-3-1-2-8-7-13-5-4-9(8)10/h1-5,7,11,14H,6H2. The van der Waals surface area contributed by atoms with Crippen LogP contribution in [0.25, 0.3) is 10.8 Å². The molecule has 0 amide bonds. The number of aromatic nitrogens is 1. The molecule has 0 aliphatic rings. The number of nitrogens with zero attached hydrogens (tertiary/aromatic N) is 1. The Morgan fingerprint density at radius 2 is 2.21 bits per heavy atom. The smallest absolute Gasteiger partial charge is 0.119 e. The number of halogens is 1. The van der Waals surface area contributed by atoms with Gasteiger partial charge in [-0.3, -0.25) is 4.98 Å². The Hall–Kier alpha value is -1.48. The molecule has 0 saturated carbocycles. The van der Waals surface area contributed by atoms with E-state index in [9.17, 15) is 9.50 Å². The van der Waals surface area contributed by atoms with Crippen LogP contribution in [0.1, 0.15) is 11.7 Å². The molecule has 0 saturated heterocycles. The Kier molecular flexibility index (Phi) is 2.41. The van der Waals surface area contributed by atoms with Gasteiger partial charge in [0.1, 0.15) is 12.8 Å². The fourth-order valence-electron chi connectivity index (χ4n) is 1.52. The fraction of sp³-hybridized carbons (Fsp3) is 0.182. The van der Waals surface area contributed by atoms with Gasteiger partial charge in [0, 0.05) is 17.8 Å². The van der Waals surface area contributed by atoms with Crippen LogP contribution < -0.4 is 0 Å². The average Bonchev–Trinajstić information content (AvgIpc) is 2.27. The van der Waals surface area contributed by atoms with E-state index < -0.39 is 12.8 Å². The van der Waals surface area contributed by atoms with Crippen molar-refractivity contribution in [2.45, 2.75) is 6.10 Å². The van der Waals surface area contributed by atoms with Crippen LogP contribution in [-0.2, 0) is 0 Å². The van der Waals surface area contributed by atoms with Crippen LogP contribution in [0, 0.1) is 0 Å². The quantitative estimate of drug-likeness (QED) is 0.789. The number of alkyl halides is 1. The van der Waals surface area contributed by atoms with Gasteiger partial charge in [0.25, 0.3) is 0 Å². The van der Waals surface area contributed by atoms with Gasteiger partial charge in [-0.2, -0.15) is 0 Å². The molecule has 72 valence electrons. The molecule has 1 N–H and O–H groups in total. The van der Waals surface area contributed by atoms with E-state index in [1.165, 1.54) is 0 Å². The molecule has 1 unspecified atom stereocenters. The second-order valence-electron chi connectivity index (χ2n) is 3.11. The lowest BCUT2D eigenvalue weighted by Crippen LogP contribution is -1.99. The van der Waals surface area contributed by atoms with Gasteiger partial charge in [0.15, 0.2) is 0 Å². The van der Waals surface area contributed by atoms with Crippen molar-refractivity contribution in [3.8, 4) is 0 Å². The lowest BCUT2D eigenvalue weighted by molar-refractivity contribution is 0.143. The third-order valence-electron chi connectivity index (χ3n) is 2.22. The Labute approximate surface area is 81.0 Å². The van der Waals surface area contributed by atoms with Crippen molar-refractivity contribution in [1.82, 2.24) is 4.98 Å². The Balaban J connectivity index is 2.65. The molecule has 14 heavy (non-hydrogen) atoms. The number of hydrogen-bond acceptors (Lipinski definition) is 2. The van der Waals surface area contributed by atoms with E-state index in [-0.39, 0.29) is 0 Å². The summed E-state index contributed by atoms with van der Waals surface area (Å²) in [6.45, 7) is -0.762. The first kappa shape index (κ1) is 9.09. The first-order chi connectivity index (χ1) is 6.83. The predicted molar refractivity (Wildman–Crippen MR) is 52.7 cm³/mol. The molecule has 0 bridgehead atoms. The zero-order valence-electron chi connectivity index (χ0n) is 7.52. The van der Waals surface area contributed by atoms with Crippen LogP contribution in [0.4, 0.5) is 4.39 Å². The fourth-order valence-corrected chi connectivity index (χ4v) is 1.52.